The second-order valence-electron chi connectivity index (χ2n) is 7.53. The maximum absolute atomic E-state index is 10.2. The summed E-state index contributed by atoms with van der Waals surface area (Å²) >= 11 is 0. The van der Waals surface area contributed by atoms with Crippen molar-refractivity contribution in [3.8, 4) is 0 Å². The number of aliphatic hydroxyl groups is 1. The number of guanidine groups is 1. The van der Waals surface area contributed by atoms with Crippen LogP contribution in [0.15, 0.2) is 11.2 Å². The molecular formula is C18H32IN5O. The summed E-state index contributed by atoms with van der Waals surface area (Å²) in [6.45, 7) is 7.70. The Hall–Kier alpha value is -0.830. The molecule has 7 heteroatoms. The standard InChI is InChI=1S/C18H31N5O.HI/c1-4-19-17(20-12-18(24)8-5-9-18)21-15-7-6-14-11-23(13(2)3)22-16(14)10-15;/h11,13,15,24H,4-10,12H2,1-3H3,(H2,19,20,21);1H. The molecule has 0 radical (unpaired) electrons. The minimum absolute atomic E-state index is 0. The van der Waals surface area contributed by atoms with Crippen LogP contribution in [-0.4, -0.2) is 45.6 Å². The third-order valence-corrected chi connectivity index (χ3v) is 5.13. The molecule has 0 amide bonds. The number of halogens is 1. The van der Waals surface area contributed by atoms with Gasteiger partial charge in [0.1, 0.15) is 0 Å². The molecule has 0 saturated heterocycles. The second kappa shape index (κ2) is 8.70. The highest BCUT2D eigenvalue weighted by molar-refractivity contribution is 14.0. The van der Waals surface area contributed by atoms with Gasteiger partial charge in [-0.1, -0.05) is 0 Å². The summed E-state index contributed by atoms with van der Waals surface area (Å²) < 4.78 is 2.07. The predicted molar refractivity (Wildman–Crippen MR) is 112 cm³/mol. The van der Waals surface area contributed by atoms with Crippen molar-refractivity contribution in [3.63, 3.8) is 0 Å². The highest BCUT2D eigenvalue weighted by Crippen LogP contribution is 2.31. The molecule has 2 aliphatic rings. The van der Waals surface area contributed by atoms with Gasteiger partial charge in [0.15, 0.2) is 5.96 Å². The fraction of sp³-hybridized carbons (Fsp3) is 0.778. The highest BCUT2D eigenvalue weighted by Gasteiger charge is 2.34. The van der Waals surface area contributed by atoms with Crippen LogP contribution in [0.25, 0.3) is 0 Å². The highest BCUT2D eigenvalue weighted by atomic mass is 127. The van der Waals surface area contributed by atoms with Crippen LogP contribution in [-0.2, 0) is 12.8 Å². The number of aryl methyl sites for hydroxylation is 1. The first-order valence-corrected chi connectivity index (χ1v) is 9.33. The van der Waals surface area contributed by atoms with E-state index in [-0.39, 0.29) is 24.0 Å². The van der Waals surface area contributed by atoms with Gasteiger partial charge in [-0.05, 0) is 58.4 Å². The van der Waals surface area contributed by atoms with Gasteiger partial charge in [0.2, 0.25) is 0 Å². The third-order valence-electron chi connectivity index (χ3n) is 5.13. The first-order chi connectivity index (χ1) is 11.5. The van der Waals surface area contributed by atoms with Gasteiger partial charge in [0.05, 0.1) is 17.8 Å². The first-order valence-electron chi connectivity index (χ1n) is 9.33. The van der Waals surface area contributed by atoms with E-state index in [9.17, 15) is 5.11 Å². The van der Waals surface area contributed by atoms with Crippen LogP contribution in [0.4, 0.5) is 0 Å². The maximum Gasteiger partial charge on any atom is 0.191 e. The lowest BCUT2D eigenvalue weighted by atomic mass is 9.80. The Balaban J connectivity index is 0.00000225. The summed E-state index contributed by atoms with van der Waals surface area (Å²) in [5.41, 5.74) is 2.02. The molecule has 1 aromatic heterocycles. The van der Waals surface area contributed by atoms with Crippen molar-refractivity contribution in [2.45, 2.75) is 77.0 Å². The fourth-order valence-corrected chi connectivity index (χ4v) is 3.38. The molecule has 3 rings (SSSR count). The molecule has 0 aromatic carbocycles. The van der Waals surface area contributed by atoms with Gasteiger partial charge in [0.25, 0.3) is 0 Å². The zero-order chi connectivity index (χ0) is 17.2. The molecule has 1 atom stereocenters. The molecule has 6 nitrogen and oxygen atoms in total. The van der Waals surface area contributed by atoms with Crippen molar-refractivity contribution >= 4 is 29.9 Å². The summed E-state index contributed by atoms with van der Waals surface area (Å²) in [4.78, 5) is 4.61. The smallest absolute Gasteiger partial charge is 0.191 e. The van der Waals surface area contributed by atoms with Crippen LogP contribution in [0.2, 0.25) is 0 Å². The van der Waals surface area contributed by atoms with E-state index in [1.807, 2.05) is 0 Å². The summed E-state index contributed by atoms with van der Waals surface area (Å²) in [6, 6.07) is 0.756. The molecule has 1 heterocycles. The Morgan fingerprint density at radius 2 is 2.24 bits per heavy atom. The van der Waals surface area contributed by atoms with Gasteiger partial charge in [-0.3, -0.25) is 9.67 Å². The Morgan fingerprint density at radius 1 is 1.48 bits per heavy atom. The normalized spacial score (nSPS) is 22.0. The van der Waals surface area contributed by atoms with Gasteiger partial charge in [-0.25, -0.2) is 0 Å². The molecule has 0 bridgehead atoms. The van der Waals surface area contributed by atoms with Crippen LogP contribution in [0.5, 0.6) is 0 Å². The monoisotopic (exact) mass is 461 g/mol. The average molecular weight is 461 g/mol. The maximum atomic E-state index is 10.2. The number of aliphatic imine (C=N–C) groups is 1. The second-order valence-corrected chi connectivity index (χ2v) is 7.53. The summed E-state index contributed by atoms with van der Waals surface area (Å²) in [5, 5.41) is 21.8. The number of hydrogen-bond acceptors (Lipinski definition) is 3. The van der Waals surface area contributed by atoms with Gasteiger partial charge in [-0.15, -0.1) is 24.0 Å². The van der Waals surface area contributed by atoms with E-state index in [1.165, 1.54) is 11.3 Å². The zero-order valence-electron chi connectivity index (χ0n) is 15.6. The molecule has 25 heavy (non-hydrogen) atoms. The zero-order valence-corrected chi connectivity index (χ0v) is 17.9. The van der Waals surface area contributed by atoms with Crippen molar-refractivity contribution in [1.82, 2.24) is 20.4 Å². The van der Waals surface area contributed by atoms with E-state index in [1.54, 1.807) is 0 Å². The Morgan fingerprint density at radius 3 is 2.84 bits per heavy atom. The van der Waals surface area contributed by atoms with E-state index in [4.69, 9.17) is 5.10 Å². The number of aromatic nitrogens is 2. The van der Waals surface area contributed by atoms with Gasteiger partial charge in [-0.2, -0.15) is 5.10 Å². The van der Waals surface area contributed by atoms with E-state index in [0.717, 1.165) is 51.0 Å². The topological polar surface area (TPSA) is 74.5 Å². The van der Waals surface area contributed by atoms with Crippen molar-refractivity contribution in [3.05, 3.63) is 17.5 Å². The lowest BCUT2D eigenvalue weighted by molar-refractivity contribution is -0.0236. The number of fused-ring (bicyclic) bond motifs is 1. The van der Waals surface area contributed by atoms with E-state index in [0.29, 0.717) is 18.6 Å². The SMILES string of the molecule is CCNC(=NCC1(O)CCC1)NC1CCc2cn(C(C)C)nc2C1.I. The Labute approximate surface area is 167 Å². The third kappa shape index (κ3) is 5.09. The van der Waals surface area contributed by atoms with Gasteiger partial charge >= 0.3 is 0 Å². The molecule has 1 aromatic rings. The quantitative estimate of drug-likeness (QED) is 0.358. The Kier molecular flexibility index (Phi) is 7.13. The first kappa shape index (κ1) is 20.5. The molecular weight excluding hydrogens is 429 g/mol. The van der Waals surface area contributed by atoms with Crippen LogP contribution >= 0.6 is 24.0 Å². The van der Waals surface area contributed by atoms with E-state index < -0.39 is 5.60 Å². The van der Waals surface area contributed by atoms with E-state index >= 15 is 0 Å². The molecule has 2 aliphatic carbocycles. The fourth-order valence-electron chi connectivity index (χ4n) is 3.38. The minimum atomic E-state index is -0.571. The molecule has 0 aliphatic heterocycles. The average Bonchev–Trinajstić information content (AvgIpc) is 2.94. The van der Waals surface area contributed by atoms with Crippen molar-refractivity contribution in [2.75, 3.05) is 13.1 Å². The lowest BCUT2D eigenvalue weighted by Gasteiger charge is -2.35. The van der Waals surface area contributed by atoms with Crippen LogP contribution in [0.3, 0.4) is 0 Å². The summed E-state index contributed by atoms with van der Waals surface area (Å²) in [5.74, 6) is 0.814. The number of hydrogen-bond donors (Lipinski definition) is 3. The molecule has 1 fully saturated rings. The molecule has 1 saturated carbocycles. The van der Waals surface area contributed by atoms with Crippen LogP contribution < -0.4 is 10.6 Å². The minimum Gasteiger partial charge on any atom is -0.388 e. The Bertz CT molecular complexity index is 594. The largest absolute Gasteiger partial charge is 0.388 e. The van der Waals surface area contributed by atoms with Crippen molar-refractivity contribution < 1.29 is 5.11 Å². The lowest BCUT2D eigenvalue weighted by Crippen LogP contribution is -2.47. The van der Waals surface area contributed by atoms with Crippen LogP contribution in [0, 0.1) is 0 Å². The number of rotatable bonds is 5. The molecule has 0 spiro atoms. The van der Waals surface area contributed by atoms with Crippen molar-refractivity contribution in [2.24, 2.45) is 4.99 Å². The predicted octanol–water partition coefficient (Wildman–Crippen LogP) is 2.41. The molecule has 1 unspecified atom stereocenters. The number of nitrogens with zero attached hydrogens (tertiary/aromatic N) is 3. The van der Waals surface area contributed by atoms with Gasteiger partial charge in [0, 0.05) is 31.2 Å². The molecule has 142 valence electrons. The summed E-state index contributed by atoms with van der Waals surface area (Å²) in [7, 11) is 0. The van der Waals surface area contributed by atoms with Crippen molar-refractivity contribution in [1.29, 1.82) is 0 Å². The van der Waals surface area contributed by atoms with E-state index in [2.05, 4.69) is 47.3 Å². The molecule has 3 N–H and O–H groups in total. The van der Waals surface area contributed by atoms with Crippen LogP contribution in [0.1, 0.15) is 63.8 Å². The number of nitrogens with one attached hydrogen (secondary N) is 2. The summed E-state index contributed by atoms with van der Waals surface area (Å²) in [6.07, 6.45) is 8.13. The van der Waals surface area contributed by atoms with Gasteiger partial charge < -0.3 is 15.7 Å².